The van der Waals surface area contributed by atoms with Crippen LogP contribution in [0.2, 0.25) is 5.02 Å². The highest BCUT2D eigenvalue weighted by Gasteiger charge is 2.30. The van der Waals surface area contributed by atoms with Crippen LogP contribution in [-0.2, 0) is 6.42 Å². The first-order valence-corrected chi connectivity index (χ1v) is 8.17. The van der Waals surface area contributed by atoms with Crippen LogP contribution in [0.25, 0.3) is 0 Å². The SMILES string of the molecule is NNC(Cc1ccc(Cl)cc1F)C1CSc2ccccc21. The maximum Gasteiger partial charge on any atom is 0.127 e. The van der Waals surface area contributed by atoms with Gasteiger partial charge in [-0.05, 0) is 35.7 Å². The van der Waals surface area contributed by atoms with Gasteiger partial charge in [0, 0.05) is 27.6 Å². The van der Waals surface area contributed by atoms with Gasteiger partial charge in [-0.3, -0.25) is 11.3 Å². The lowest BCUT2D eigenvalue weighted by atomic mass is 9.89. The molecule has 0 spiro atoms. The van der Waals surface area contributed by atoms with Crippen molar-refractivity contribution in [3.05, 3.63) is 64.4 Å². The number of nitrogens with two attached hydrogens (primary N) is 1. The average molecular weight is 323 g/mol. The molecule has 0 amide bonds. The highest BCUT2D eigenvalue weighted by molar-refractivity contribution is 7.99. The van der Waals surface area contributed by atoms with Gasteiger partial charge in [-0.1, -0.05) is 35.9 Å². The van der Waals surface area contributed by atoms with Crippen molar-refractivity contribution in [2.45, 2.75) is 23.3 Å². The molecule has 0 aliphatic carbocycles. The van der Waals surface area contributed by atoms with Gasteiger partial charge >= 0.3 is 0 Å². The minimum atomic E-state index is -0.276. The van der Waals surface area contributed by atoms with Crippen molar-refractivity contribution in [2.24, 2.45) is 5.84 Å². The summed E-state index contributed by atoms with van der Waals surface area (Å²) in [6.07, 6.45) is 0.541. The van der Waals surface area contributed by atoms with E-state index in [1.165, 1.54) is 16.5 Å². The summed E-state index contributed by atoms with van der Waals surface area (Å²) in [6, 6.07) is 13.1. The molecule has 21 heavy (non-hydrogen) atoms. The van der Waals surface area contributed by atoms with E-state index in [0.29, 0.717) is 17.0 Å². The molecule has 3 rings (SSSR count). The number of benzene rings is 2. The van der Waals surface area contributed by atoms with Crippen LogP contribution in [0, 0.1) is 5.82 Å². The molecular formula is C16H16ClFN2S. The van der Waals surface area contributed by atoms with Crippen LogP contribution in [-0.4, -0.2) is 11.8 Å². The molecule has 2 aromatic rings. The number of rotatable bonds is 4. The Bertz CT molecular complexity index is 650. The first-order chi connectivity index (χ1) is 10.2. The summed E-state index contributed by atoms with van der Waals surface area (Å²) in [5.41, 5.74) is 4.79. The zero-order chi connectivity index (χ0) is 14.8. The van der Waals surface area contributed by atoms with Crippen LogP contribution in [0.4, 0.5) is 4.39 Å². The molecule has 0 radical (unpaired) electrons. The van der Waals surface area contributed by atoms with Crippen molar-refractivity contribution < 1.29 is 4.39 Å². The van der Waals surface area contributed by atoms with Gasteiger partial charge in [0.25, 0.3) is 0 Å². The minimum absolute atomic E-state index is 0.00294. The van der Waals surface area contributed by atoms with Crippen molar-refractivity contribution in [1.82, 2.24) is 5.43 Å². The lowest BCUT2D eigenvalue weighted by Gasteiger charge is -2.23. The maximum atomic E-state index is 14.0. The lowest BCUT2D eigenvalue weighted by molar-refractivity contribution is 0.454. The van der Waals surface area contributed by atoms with Gasteiger partial charge < -0.3 is 0 Å². The topological polar surface area (TPSA) is 38.0 Å². The molecule has 2 unspecified atom stereocenters. The normalized spacial score (nSPS) is 18.5. The van der Waals surface area contributed by atoms with E-state index in [-0.39, 0.29) is 17.8 Å². The Labute approximate surface area is 132 Å². The molecule has 3 N–H and O–H groups in total. The standard InChI is InChI=1S/C16H16ClFN2S/c17-11-6-5-10(14(18)8-11)7-15(20-19)13-9-21-16-4-2-1-3-12(13)16/h1-6,8,13,15,20H,7,9,19H2. The Morgan fingerprint density at radius 3 is 2.90 bits per heavy atom. The summed E-state index contributed by atoms with van der Waals surface area (Å²) in [5.74, 6) is 6.70. The number of hydrazine groups is 1. The number of fused-ring (bicyclic) bond motifs is 1. The van der Waals surface area contributed by atoms with Gasteiger partial charge in [0.1, 0.15) is 5.82 Å². The quantitative estimate of drug-likeness (QED) is 0.665. The smallest absolute Gasteiger partial charge is 0.127 e. The molecule has 1 heterocycles. The Morgan fingerprint density at radius 1 is 1.33 bits per heavy atom. The second-order valence-corrected chi connectivity index (χ2v) is 6.67. The molecule has 0 bridgehead atoms. The number of hydrogen-bond donors (Lipinski definition) is 2. The van der Waals surface area contributed by atoms with Crippen molar-refractivity contribution in [2.75, 3.05) is 5.75 Å². The van der Waals surface area contributed by atoms with E-state index in [9.17, 15) is 4.39 Å². The summed E-state index contributed by atoms with van der Waals surface area (Å²) in [7, 11) is 0. The molecular weight excluding hydrogens is 307 g/mol. The maximum absolute atomic E-state index is 14.0. The summed E-state index contributed by atoms with van der Waals surface area (Å²) < 4.78 is 14.0. The fraction of sp³-hybridized carbons (Fsp3) is 0.250. The molecule has 2 aromatic carbocycles. The van der Waals surface area contributed by atoms with E-state index in [1.54, 1.807) is 12.1 Å². The molecule has 0 saturated heterocycles. The van der Waals surface area contributed by atoms with Gasteiger partial charge in [0.2, 0.25) is 0 Å². The van der Waals surface area contributed by atoms with Crippen molar-refractivity contribution in [3.8, 4) is 0 Å². The van der Waals surface area contributed by atoms with Gasteiger partial charge in [-0.25, -0.2) is 4.39 Å². The number of thioether (sulfide) groups is 1. The second kappa shape index (κ2) is 6.36. The number of hydrogen-bond acceptors (Lipinski definition) is 3. The summed E-state index contributed by atoms with van der Waals surface area (Å²) >= 11 is 7.62. The predicted octanol–water partition coefficient (Wildman–Crippen LogP) is 3.74. The van der Waals surface area contributed by atoms with E-state index < -0.39 is 0 Å². The fourth-order valence-electron chi connectivity index (χ4n) is 2.76. The zero-order valence-electron chi connectivity index (χ0n) is 11.4. The zero-order valence-corrected chi connectivity index (χ0v) is 12.9. The number of nitrogens with one attached hydrogen (secondary N) is 1. The van der Waals surface area contributed by atoms with E-state index in [1.807, 2.05) is 23.9 Å². The van der Waals surface area contributed by atoms with Crippen LogP contribution >= 0.6 is 23.4 Å². The second-order valence-electron chi connectivity index (χ2n) is 5.17. The summed E-state index contributed by atoms with van der Waals surface area (Å²) in [5, 5.41) is 0.412. The third kappa shape index (κ3) is 3.09. The predicted molar refractivity (Wildman–Crippen MR) is 86.1 cm³/mol. The molecule has 0 aromatic heterocycles. The minimum Gasteiger partial charge on any atom is -0.271 e. The molecule has 0 saturated carbocycles. The number of halogens is 2. The van der Waals surface area contributed by atoms with Crippen molar-refractivity contribution in [3.63, 3.8) is 0 Å². The van der Waals surface area contributed by atoms with Crippen LogP contribution in [0.1, 0.15) is 17.0 Å². The van der Waals surface area contributed by atoms with Gasteiger partial charge in [0.15, 0.2) is 0 Å². The Hall–Kier alpha value is -1.07. The fourth-order valence-corrected chi connectivity index (χ4v) is 4.25. The van der Waals surface area contributed by atoms with E-state index in [2.05, 4.69) is 17.6 Å². The monoisotopic (exact) mass is 322 g/mol. The first-order valence-electron chi connectivity index (χ1n) is 6.81. The van der Waals surface area contributed by atoms with E-state index >= 15 is 0 Å². The molecule has 5 heteroatoms. The van der Waals surface area contributed by atoms with Crippen molar-refractivity contribution >= 4 is 23.4 Å². The summed E-state index contributed by atoms with van der Waals surface area (Å²) in [6.45, 7) is 0. The van der Waals surface area contributed by atoms with Gasteiger partial charge in [-0.2, -0.15) is 0 Å². The molecule has 1 aliphatic rings. The molecule has 0 fully saturated rings. The van der Waals surface area contributed by atoms with Crippen molar-refractivity contribution in [1.29, 1.82) is 0 Å². The van der Waals surface area contributed by atoms with Crippen LogP contribution in [0.3, 0.4) is 0 Å². The first kappa shape index (κ1) is 14.9. The van der Waals surface area contributed by atoms with Crippen LogP contribution in [0.15, 0.2) is 47.4 Å². The Balaban J connectivity index is 1.83. The molecule has 2 atom stereocenters. The van der Waals surface area contributed by atoms with Gasteiger partial charge in [-0.15, -0.1) is 11.8 Å². The lowest BCUT2D eigenvalue weighted by Crippen LogP contribution is -2.41. The molecule has 2 nitrogen and oxygen atoms in total. The van der Waals surface area contributed by atoms with Crippen LogP contribution < -0.4 is 11.3 Å². The Morgan fingerprint density at radius 2 is 2.14 bits per heavy atom. The van der Waals surface area contributed by atoms with E-state index in [4.69, 9.17) is 17.4 Å². The third-order valence-electron chi connectivity index (χ3n) is 3.89. The Kier molecular flexibility index (Phi) is 4.50. The molecule has 110 valence electrons. The van der Waals surface area contributed by atoms with Gasteiger partial charge in [0.05, 0.1) is 0 Å². The summed E-state index contributed by atoms with van der Waals surface area (Å²) in [4.78, 5) is 1.29. The third-order valence-corrected chi connectivity index (χ3v) is 5.34. The highest BCUT2D eigenvalue weighted by Crippen LogP contribution is 2.41. The van der Waals surface area contributed by atoms with Crippen LogP contribution in [0.5, 0.6) is 0 Å². The van der Waals surface area contributed by atoms with E-state index in [0.717, 1.165) is 5.75 Å². The molecule has 1 aliphatic heterocycles. The highest BCUT2D eigenvalue weighted by atomic mass is 35.5. The largest absolute Gasteiger partial charge is 0.271 e. The average Bonchev–Trinajstić information content (AvgIpc) is 2.91.